The molecule has 0 aromatic carbocycles. The second-order valence-electron chi connectivity index (χ2n) is 1.13. The van der Waals surface area contributed by atoms with E-state index in [1.807, 2.05) is 0 Å². The molecule has 1 unspecified atom stereocenters. The monoisotopic (exact) mass is 138 g/mol. The van der Waals surface area contributed by atoms with Crippen molar-refractivity contribution in [3.05, 3.63) is 12.2 Å². The van der Waals surface area contributed by atoms with Crippen LogP contribution in [-0.4, -0.2) is 12.6 Å². The Kier molecular flexibility index (Phi) is 3.50. The van der Waals surface area contributed by atoms with E-state index < -0.39 is 18.5 Å². The van der Waals surface area contributed by atoms with Gasteiger partial charge in [-0.15, -0.1) is 0 Å². The van der Waals surface area contributed by atoms with Crippen molar-refractivity contribution in [3.63, 3.8) is 0 Å². The summed E-state index contributed by atoms with van der Waals surface area (Å²) in [7, 11) is 0. The molecule has 9 heavy (non-hydrogen) atoms. The first-order valence-corrected chi connectivity index (χ1v) is 2.05. The van der Waals surface area contributed by atoms with Gasteiger partial charge >= 0.3 is 0 Å². The third-order valence-electron chi connectivity index (χ3n) is 0.549. The van der Waals surface area contributed by atoms with Crippen LogP contribution in [0.1, 0.15) is 0 Å². The van der Waals surface area contributed by atoms with Gasteiger partial charge < -0.3 is 5.73 Å². The Balaban J connectivity index is 3.88. The molecule has 0 aliphatic rings. The van der Waals surface area contributed by atoms with Crippen molar-refractivity contribution in [2.45, 2.75) is 6.30 Å². The van der Waals surface area contributed by atoms with Crippen LogP contribution >= 0.6 is 0 Å². The highest BCUT2D eigenvalue weighted by Gasteiger charge is 2.08. The van der Waals surface area contributed by atoms with Gasteiger partial charge in [-0.2, -0.15) is 0 Å². The Morgan fingerprint density at radius 1 is 1.67 bits per heavy atom. The van der Waals surface area contributed by atoms with Crippen LogP contribution in [0.15, 0.2) is 17.1 Å². The van der Waals surface area contributed by atoms with Gasteiger partial charge in [-0.3, -0.25) is 0 Å². The summed E-state index contributed by atoms with van der Waals surface area (Å²) >= 11 is 0. The molecule has 52 valence electrons. The zero-order valence-electron chi connectivity index (χ0n) is 4.39. The molecule has 0 aliphatic carbocycles. The molecule has 0 fully saturated rings. The third kappa shape index (κ3) is 2.73. The van der Waals surface area contributed by atoms with Crippen LogP contribution < -0.4 is 5.73 Å². The molecule has 0 aliphatic heterocycles. The summed E-state index contributed by atoms with van der Waals surface area (Å²) in [5, 5.41) is 0. The van der Waals surface area contributed by atoms with Crippen molar-refractivity contribution in [2.24, 2.45) is 10.7 Å². The molecule has 0 saturated heterocycles. The first-order valence-electron chi connectivity index (χ1n) is 2.05. The van der Waals surface area contributed by atoms with Gasteiger partial charge in [0.15, 0.2) is 5.83 Å². The van der Waals surface area contributed by atoms with Crippen molar-refractivity contribution in [1.29, 1.82) is 0 Å². The van der Waals surface area contributed by atoms with E-state index in [4.69, 9.17) is 0 Å². The molecular formula is C4H5F3N2. The fourth-order valence-corrected chi connectivity index (χ4v) is 0.199. The number of halogens is 3. The fourth-order valence-electron chi connectivity index (χ4n) is 0.199. The summed E-state index contributed by atoms with van der Waals surface area (Å²) in [6.45, 7) is 0. The van der Waals surface area contributed by atoms with Gasteiger partial charge in [0.25, 0.3) is 0 Å². The number of rotatable bonds is 2. The van der Waals surface area contributed by atoms with E-state index in [9.17, 15) is 13.2 Å². The minimum atomic E-state index is -2.31. The van der Waals surface area contributed by atoms with Gasteiger partial charge in [-0.1, -0.05) is 0 Å². The standard InChI is InChI=1S/C4H5F3N2/c5-1-3(6)4(7)9-2-8/h1-2,4H,(H2,8,9)/b3-1-. The first kappa shape index (κ1) is 8.00. The zero-order chi connectivity index (χ0) is 7.28. The van der Waals surface area contributed by atoms with Crippen molar-refractivity contribution < 1.29 is 13.2 Å². The highest BCUT2D eigenvalue weighted by molar-refractivity contribution is 5.51. The molecule has 2 nitrogen and oxygen atoms in total. The van der Waals surface area contributed by atoms with Crippen LogP contribution in [0.3, 0.4) is 0 Å². The Labute approximate surface area is 49.9 Å². The smallest absolute Gasteiger partial charge is 0.245 e. The van der Waals surface area contributed by atoms with Gasteiger partial charge in [-0.25, -0.2) is 18.2 Å². The summed E-state index contributed by atoms with van der Waals surface area (Å²) in [5.41, 5.74) is 4.57. The predicted molar refractivity (Wildman–Crippen MR) is 27.9 cm³/mol. The maximum Gasteiger partial charge on any atom is 0.245 e. The lowest BCUT2D eigenvalue weighted by Gasteiger charge is -1.93. The molecule has 2 N–H and O–H groups in total. The SMILES string of the molecule is NC=NC(F)/C(F)=C/F. The fraction of sp³-hybridized carbons (Fsp3) is 0.250. The molecule has 5 heteroatoms. The summed E-state index contributed by atoms with van der Waals surface area (Å²) in [4.78, 5) is 2.70. The number of nitrogens with zero attached hydrogens (tertiary/aromatic N) is 1. The van der Waals surface area contributed by atoms with Crippen molar-refractivity contribution >= 4 is 6.34 Å². The minimum absolute atomic E-state index is 0.502. The normalized spacial score (nSPS) is 16.6. The van der Waals surface area contributed by atoms with E-state index in [2.05, 4.69) is 10.7 Å². The van der Waals surface area contributed by atoms with E-state index in [1.54, 1.807) is 0 Å². The summed E-state index contributed by atoms with van der Waals surface area (Å²) in [6, 6.07) is 0. The molecular weight excluding hydrogens is 133 g/mol. The molecule has 0 bridgehead atoms. The summed E-state index contributed by atoms with van der Waals surface area (Å²) < 4.78 is 34.6. The van der Waals surface area contributed by atoms with E-state index in [1.165, 1.54) is 0 Å². The molecule has 0 saturated carbocycles. The van der Waals surface area contributed by atoms with E-state index in [0.717, 1.165) is 0 Å². The van der Waals surface area contributed by atoms with Crippen molar-refractivity contribution in [2.75, 3.05) is 0 Å². The highest BCUT2D eigenvalue weighted by atomic mass is 19.2. The van der Waals surface area contributed by atoms with Gasteiger partial charge in [-0.05, 0) is 0 Å². The molecule has 0 amide bonds. The molecule has 0 aromatic rings. The quantitative estimate of drug-likeness (QED) is 0.345. The molecule has 1 atom stereocenters. The second kappa shape index (κ2) is 3.94. The average Bonchev–Trinajstić information content (AvgIpc) is 1.87. The second-order valence-corrected chi connectivity index (χ2v) is 1.13. The molecule has 0 aromatic heterocycles. The lowest BCUT2D eigenvalue weighted by molar-refractivity contribution is 0.330. The number of aliphatic imine (C=N–C) groups is 1. The number of nitrogens with two attached hydrogens (primary N) is 1. The van der Waals surface area contributed by atoms with Crippen molar-refractivity contribution in [1.82, 2.24) is 0 Å². The maximum atomic E-state index is 11.8. The van der Waals surface area contributed by atoms with Gasteiger partial charge in [0.2, 0.25) is 6.30 Å². The van der Waals surface area contributed by atoms with Crippen LogP contribution in [0.2, 0.25) is 0 Å². The molecule has 0 heterocycles. The van der Waals surface area contributed by atoms with E-state index in [0.29, 0.717) is 6.34 Å². The topological polar surface area (TPSA) is 38.4 Å². The average molecular weight is 138 g/mol. The van der Waals surface area contributed by atoms with E-state index >= 15 is 0 Å². The Bertz CT molecular complexity index is 132. The lowest BCUT2D eigenvalue weighted by Crippen LogP contribution is -1.99. The molecule has 0 radical (unpaired) electrons. The van der Waals surface area contributed by atoms with Crippen LogP contribution in [0, 0.1) is 0 Å². The molecule has 0 spiro atoms. The Hall–Kier alpha value is -1.00. The van der Waals surface area contributed by atoms with E-state index in [-0.39, 0.29) is 0 Å². The minimum Gasteiger partial charge on any atom is -0.390 e. The maximum absolute atomic E-state index is 11.8. The van der Waals surface area contributed by atoms with Gasteiger partial charge in [0, 0.05) is 0 Å². The summed E-state index contributed by atoms with van der Waals surface area (Å²) in [6.07, 6.45) is -2.24. The van der Waals surface area contributed by atoms with Gasteiger partial charge in [0.1, 0.15) is 6.33 Å². The first-order chi connectivity index (χ1) is 4.22. The molecule has 0 rings (SSSR count). The van der Waals surface area contributed by atoms with Crippen molar-refractivity contribution in [3.8, 4) is 0 Å². The summed E-state index contributed by atoms with van der Waals surface area (Å²) in [5.74, 6) is -1.59. The lowest BCUT2D eigenvalue weighted by atomic mass is 10.5. The predicted octanol–water partition coefficient (Wildman–Crippen LogP) is 1.05. The third-order valence-corrected chi connectivity index (χ3v) is 0.549. The zero-order valence-corrected chi connectivity index (χ0v) is 4.39. The van der Waals surface area contributed by atoms with Crippen LogP contribution in [-0.2, 0) is 0 Å². The Morgan fingerprint density at radius 3 is 2.56 bits per heavy atom. The number of hydrogen-bond donors (Lipinski definition) is 1. The van der Waals surface area contributed by atoms with Crippen LogP contribution in [0.4, 0.5) is 13.2 Å². The van der Waals surface area contributed by atoms with Gasteiger partial charge in [0.05, 0.1) is 6.34 Å². The largest absolute Gasteiger partial charge is 0.390 e. The van der Waals surface area contributed by atoms with Crippen LogP contribution in [0.5, 0.6) is 0 Å². The number of hydrogen-bond acceptors (Lipinski definition) is 1. The van der Waals surface area contributed by atoms with Crippen LogP contribution in [0.25, 0.3) is 0 Å². The number of alkyl halides is 1. The Morgan fingerprint density at radius 2 is 2.22 bits per heavy atom. The highest BCUT2D eigenvalue weighted by Crippen LogP contribution is 2.08.